The third-order valence-corrected chi connectivity index (χ3v) is 3.41. The highest BCUT2D eigenvalue weighted by molar-refractivity contribution is 9.10. The van der Waals surface area contributed by atoms with Gasteiger partial charge in [0, 0.05) is 27.6 Å². The number of carbonyl (C=O) groups is 1. The molecule has 0 saturated carbocycles. The van der Waals surface area contributed by atoms with E-state index in [1.54, 1.807) is 6.20 Å². The minimum Gasteiger partial charge on any atom is -0.361 e. The average Bonchev–Trinajstić information content (AvgIpc) is 2.72. The summed E-state index contributed by atoms with van der Waals surface area (Å²) in [6.07, 6.45) is 1.74. The van der Waals surface area contributed by atoms with Crippen molar-refractivity contribution < 1.29 is 4.79 Å². The predicted octanol–water partition coefficient (Wildman–Crippen LogP) is 3.85. The molecule has 1 amide bonds. The molecule has 1 aliphatic rings. The van der Waals surface area contributed by atoms with E-state index >= 15 is 0 Å². The number of hydrogen-bond donors (Lipinski definition) is 2. The molecule has 19 heavy (non-hydrogen) atoms. The third-order valence-electron chi connectivity index (χ3n) is 2.92. The summed E-state index contributed by atoms with van der Waals surface area (Å²) >= 11 is 3.41. The Morgan fingerprint density at radius 1 is 1.11 bits per heavy atom. The Bertz CT molecular complexity index is 679. The Morgan fingerprint density at radius 3 is 2.79 bits per heavy atom. The standard InChI is InChI=1S/C15H11BrN2O/c16-10-4-3-5-11(8-10)17-9-13-12-6-1-2-7-14(12)18-15(13)19/h1-9,17H,(H,18,19). The van der Waals surface area contributed by atoms with Crippen LogP contribution in [0.15, 0.2) is 59.2 Å². The molecule has 0 fully saturated rings. The first-order valence-electron chi connectivity index (χ1n) is 5.87. The van der Waals surface area contributed by atoms with Crippen molar-refractivity contribution in [2.24, 2.45) is 0 Å². The first kappa shape index (κ1) is 12.0. The third kappa shape index (κ3) is 2.39. The molecule has 1 heterocycles. The van der Waals surface area contributed by atoms with Gasteiger partial charge in [0.1, 0.15) is 0 Å². The van der Waals surface area contributed by atoms with Crippen molar-refractivity contribution >= 4 is 38.8 Å². The quantitative estimate of drug-likeness (QED) is 0.827. The molecule has 94 valence electrons. The Morgan fingerprint density at radius 2 is 1.95 bits per heavy atom. The Hall–Kier alpha value is -2.07. The van der Waals surface area contributed by atoms with Gasteiger partial charge in [0.05, 0.1) is 5.57 Å². The molecule has 1 aliphatic heterocycles. The Balaban J connectivity index is 1.90. The summed E-state index contributed by atoms with van der Waals surface area (Å²) in [5.74, 6) is -0.0799. The van der Waals surface area contributed by atoms with Gasteiger partial charge in [0.25, 0.3) is 5.91 Å². The fourth-order valence-corrected chi connectivity index (χ4v) is 2.42. The number of carbonyl (C=O) groups excluding carboxylic acids is 1. The van der Waals surface area contributed by atoms with Crippen LogP contribution < -0.4 is 10.6 Å². The maximum absolute atomic E-state index is 11.9. The normalized spacial score (nSPS) is 15.2. The van der Waals surface area contributed by atoms with E-state index in [1.807, 2.05) is 48.5 Å². The van der Waals surface area contributed by atoms with Crippen molar-refractivity contribution in [1.29, 1.82) is 0 Å². The predicted molar refractivity (Wildman–Crippen MR) is 80.8 cm³/mol. The second-order valence-electron chi connectivity index (χ2n) is 4.21. The van der Waals surface area contributed by atoms with E-state index in [0.29, 0.717) is 5.57 Å². The zero-order chi connectivity index (χ0) is 13.2. The SMILES string of the molecule is O=C1Nc2ccccc2C1=CNc1cccc(Br)c1. The maximum atomic E-state index is 11.9. The van der Waals surface area contributed by atoms with Gasteiger partial charge in [0.2, 0.25) is 0 Å². The molecule has 3 nitrogen and oxygen atoms in total. The number of hydrogen-bond acceptors (Lipinski definition) is 2. The summed E-state index contributed by atoms with van der Waals surface area (Å²) in [6, 6.07) is 15.4. The number of nitrogens with one attached hydrogen (secondary N) is 2. The molecule has 0 unspecified atom stereocenters. The van der Waals surface area contributed by atoms with Crippen LogP contribution in [0.3, 0.4) is 0 Å². The van der Waals surface area contributed by atoms with Gasteiger partial charge in [-0.2, -0.15) is 0 Å². The van der Waals surface area contributed by atoms with Gasteiger partial charge in [-0.1, -0.05) is 40.2 Å². The van der Waals surface area contributed by atoms with Gasteiger partial charge in [0.15, 0.2) is 0 Å². The van der Waals surface area contributed by atoms with Crippen molar-refractivity contribution in [3.8, 4) is 0 Å². The summed E-state index contributed by atoms with van der Waals surface area (Å²) in [6.45, 7) is 0. The zero-order valence-corrected chi connectivity index (χ0v) is 11.6. The molecule has 0 aromatic heterocycles. The van der Waals surface area contributed by atoms with Gasteiger partial charge in [-0.3, -0.25) is 4.79 Å². The molecule has 2 N–H and O–H groups in total. The number of anilines is 2. The van der Waals surface area contributed by atoms with Crippen LogP contribution in [0.25, 0.3) is 5.57 Å². The highest BCUT2D eigenvalue weighted by atomic mass is 79.9. The van der Waals surface area contributed by atoms with E-state index in [1.165, 1.54) is 0 Å². The molecular formula is C15H11BrN2O. The second-order valence-corrected chi connectivity index (χ2v) is 5.13. The number of halogens is 1. The van der Waals surface area contributed by atoms with E-state index in [2.05, 4.69) is 26.6 Å². The topological polar surface area (TPSA) is 41.1 Å². The summed E-state index contributed by atoms with van der Waals surface area (Å²) < 4.78 is 0.993. The first-order chi connectivity index (χ1) is 9.24. The maximum Gasteiger partial charge on any atom is 0.257 e. The van der Waals surface area contributed by atoms with E-state index in [-0.39, 0.29) is 5.91 Å². The molecule has 2 aromatic rings. The van der Waals surface area contributed by atoms with E-state index in [4.69, 9.17) is 0 Å². The summed E-state index contributed by atoms with van der Waals surface area (Å²) in [4.78, 5) is 11.9. The highest BCUT2D eigenvalue weighted by Gasteiger charge is 2.23. The summed E-state index contributed by atoms with van der Waals surface area (Å²) in [5, 5.41) is 5.98. The van der Waals surface area contributed by atoms with Crippen LogP contribution in [0.1, 0.15) is 5.56 Å². The average molecular weight is 315 g/mol. The van der Waals surface area contributed by atoms with Crippen LogP contribution in [0.5, 0.6) is 0 Å². The molecule has 0 aliphatic carbocycles. The van der Waals surface area contributed by atoms with Gasteiger partial charge >= 0.3 is 0 Å². The fourth-order valence-electron chi connectivity index (χ4n) is 2.02. The van der Waals surface area contributed by atoms with Crippen LogP contribution in [0.4, 0.5) is 11.4 Å². The van der Waals surface area contributed by atoms with Crippen LogP contribution in [0, 0.1) is 0 Å². The lowest BCUT2D eigenvalue weighted by atomic mass is 10.1. The minimum atomic E-state index is -0.0799. The van der Waals surface area contributed by atoms with Crippen molar-refractivity contribution in [3.63, 3.8) is 0 Å². The van der Waals surface area contributed by atoms with Gasteiger partial charge in [-0.15, -0.1) is 0 Å². The molecule has 3 rings (SSSR count). The number of rotatable bonds is 2. The summed E-state index contributed by atoms with van der Waals surface area (Å²) in [5.41, 5.74) is 3.36. The fraction of sp³-hybridized carbons (Fsp3) is 0. The lowest BCUT2D eigenvalue weighted by Gasteiger charge is -2.03. The van der Waals surface area contributed by atoms with E-state index in [9.17, 15) is 4.79 Å². The number of para-hydroxylation sites is 1. The molecular weight excluding hydrogens is 304 g/mol. The van der Waals surface area contributed by atoms with Crippen molar-refractivity contribution in [3.05, 3.63) is 64.8 Å². The molecule has 0 radical (unpaired) electrons. The molecule has 0 saturated heterocycles. The van der Waals surface area contributed by atoms with Gasteiger partial charge in [-0.25, -0.2) is 0 Å². The van der Waals surface area contributed by atoms with E-state index < -0.39 is 0 Å². The van der Waals surface area contributed by atoms with Crippen molar-refractivity contribution in [1.82, 2.24) is 0 Å². The zero-order valence-electron chi connectivity index (χ0n) is 9.98. The van der Waals surface area contributed by atoms with Gasteiger partial charge < -0.3 is 10.6 Å². The number of fused-ring (bicyclic) bond motifs is 1. The summed E-state index contributed by atoms with van der Waals surface area (Å²) in [7, 11) is 0. The molecule has 4 heteroatoms. The second kappa shape index (κ2) is 4.90. The monoisotopic (exact) mass is 314 g/mol. The van der Waals surface area contributed by atoms with Crippen molar-refractivity contribution in [2.45, 2.75) is 0 Å². The number of benzene rings is 2. The first-order valence-corrected chi connectivity index (χ1v) is 6.66. The smallest absolute Gasteiger partial charge is 0.257 e. The van der Waals surface area contributed by atoms with Crippen molar-refractivity contribution in [2.75, 3.05) is 10.6 Å². The molecule has 2 aromatic carbocycles. The Labute approximate surface area is 119 Å². The Kier molecular flexibility index (Phi) is 3.09. The molecule has 0 spiro atoms. The lowest BCUT2D eigenvalue weighted by Crippen LogP contribution is -2.05. The van der Waals surface area contributed by atoms with Crippen LogP contribution >= 0.6 is 15.9 Å². The minimum absolute atomic E-state index is 0.0799. The molecule has 0 bridgehead atoms. The lowest BCUT2D eigenvalue weighted by molar-refractivity contribution is -0.110. The highest BCUT2D eigenvalue weighted by Crippen LogP contribution is 2.31. The van der Waals surface area contributed by atoms with E-state index in [0.717, 1.165) is 21.4 Å². The number of amides is 1. The van der Waals surface area contributed by atoms with Gasteiger partial charge in [-0.05, 0) is 24.3 Å². The van der Waals surface area contributed by atoms with Crippen LogP contribution in [-0.2, 0) is 4.79 Å². The van der Waals surface area contributed by atoms with Crippen LogP contribution in [-0.4, -0.2) is 5.91 Å². The van der Waals surface area contributed by atoms with Crippen LogP contribution in [0.2, 0.25) is 0 Å². The largest absolute Gasteiger partial charge is 0.361 e. The molecule has 0 atom stereocenters.